The van der Waals surface area contributed by atoms with E-state index in [9.17, 15) is 4.79 Å². The molecule has 0 aromatic heterocycles. The van der Waals surface area contributed by atoms with Gasteiger partial charge in [-0.2, -0.15) is 0 Å². The lowest BCUT2D eigenvalue weighted by Crippen LogP contribution is -2.34. The van der Waals surface area contributed by atoms with Gasteiger partial charge in [-0.15, -0.1) is 0 Å². The Balaban J connectivity index is 1.90. The molecule has 0 amide bonds. The van der Waals surface area contributed by atoms with Gasteiger partial charge in [0.2, 0.25) is 0 Å². The van der Waals surface area contributed by atoms with E-state index in [4.69, 9.17) is 0 Å². The molecule has 2 rings (SSSR count). The first-order chi connectivity index (χ1) is 8.65. The van der Waals surface area contributed by atoms with Crippen molar-refractivity contribution >= 4 is 5.78 Å². The van der Waals surface area contributed by atoms with E-state index in [1.807, 2.05) is 26.0 Å². The number of hydrogen-bond acceptors (Lipinski definition) is 2. The number of benzene rings is 1. The van der Waals surface area contributed by atoms with Crippen LogP contribution >= 0.6 is 0 Å². The number of rotatable bonds is 4. The van der Waals surface area contributed by atoms with E-state index >= 15 is 0 Å². The van der Waals surface area contributed by atoms with E-state index < -0.39 is 0 Å². The van der Waals surface area contributed by atoms with E-state index in [0.717, 1.165) is 18.5 Å². The minimum Gasteiger partial charge on any atom is -0.314 e. The number of carbonyl (C=O) groups excluding carboxylic acids is 1. The van der Waals surface area contributed by atoms with Crippen LogP contribution in [-0.4, -0.2) is 18.4 Å². The topological polar surface area (TPSA) is 29.1 Å². The van der Waals surface area contributed by atoms with Gasteiger partial charge in [-0.3, -0.25) is 4.79 Å². The molecule has 1 atom stereocenters. The van der Waals surface area contributed by atoms with Crippen molar-refractivity contribution in [2.45, 2.75) is 52.0 Å². The first-order valence-electron chi connectivity index (χ1n) is 7.00. The SMILES string of the molecule is Cc1cc(C)cc(C(=O)CCC2CCCCN2)c1. The first kappa shape index (κ1) is 13.3. The van der Waals surface area contributed by atoms with Gasteiger partial charge < -0.3 is 5.32 Å². The average Bonchev–Trinajstić information content (AvgIpc) is 2.36. The van der Waals surface area contributed by atoms with Gasteiger partial charge in [0.15, 0.2) is 5.78 Å². The van der Waals surface area contributed by atoms with Crippen molar-refractivity contribution in [2.24, 2.45) is 0 Å². The summed E-state index contributed by atoms with van der Waals surface area (Å²) in [5.41, 5.74) is 3.23. The Kier molecular flexibility index (Phi) is 4.54. The molecule has 18 heavy (non-hydrogen) atoms. The standard InChI is InChI=1S/C16H23NO/c1-12-9-13(2)11-14(10-12)16(18)7-6-15-5-3-4-8-17-15/h9-11,15,17H,3-8H2,1-2H3. The van der Waals surface area contributed by atoms with Crippen molar-refractivity contribution in [3.05, 3.63) is 34.9 Å². The van der Waals surface area contributed by atoms with Crippen molar-refractivity contribution in [1.29, 1.82) is 0 Å². The maximum absolute atomic E-state index is 12.2. The van der Waals surface area contributed by atoms with Gasteiger partial charge in [0.1, 0.15) is 0 Å². The van der Waals surface area contributed by atoms with Gasteiger partial charge >= 0.3 is 0 Å². The van der Waals surface area contributed by atoms with Crippen molar-refractivity contribution < 1.29 is 4.79 Å². The molecule has 0 spiro atoms. The highest BCUT2D eigenvalue weighted by Gasteiger charge is 2.15. The highest BCUT2D eigenvalue weighted by Crippen LogP contribution is 2.16. The van der Waals surface area contributed by atoms with Crippen LogP contribution in [0.1, 0.15) is 53.6 Å². The molecule has 1 heterocycles. The van der Waals surface area contributed by atoms with Gasteiger partial charge in [-0.1, -0.05) is 23.6 Å². The zero-order valence-electron chi connectivity index (χ0n) is 11.5. The Bertz CT molecular complexity index is 399. The maximum atomic E-state index is 12.2. The highest BCUT2D eigenvalue weighted by atomic mass is 16.1. The molecule has 0 radical (unpaired) electrons. The molecule has 2 heteroatoms. The molecule has 1 aromatic carbocycles. The van der Waals surface area contributed by atoms with Crippen LogP contribution in [0, 0.1) is 13.8 Å². The van der Waals surface area contributed by atoms with Crippen molar-refractivity contribution in [3.63, 3.8) is 0 Å². The van der Waals surface area contributed by atoms with Crippen LogP contribution < -0.4 is 5.32 Å². The summed E-state index contributed by atoms with van der Waals surface area (Å²) >= 11 is 0. The minimum atomic E-state index is 0.286. The Hall–Kier alpha value is -1.15. The van der Waals surface area contributed by atoms with Crippen LogP contribution in [0.15, 0.2) is 18.2 Å². The summed E-state index contributed by atoms with van der Waals surface area (Å²) in [6, 6.07) is 6.67. The lowest BCUT2D eigenvalue weighted by atomic mass is 9.96. The van der Waals surface area contributed by atoms with Crippen LogP contribution in [0.25, 0.3) is 0 Å². The summed E-state index contributed by atoms with van der Waals surface area (Å²) in [7, 11) is 0. The molecule has 0 saturated carbocycles. The molecule has 1 aliphatic rings. The van der Waals surface area contributed by atoms with Crippen molar-refractivity contribution in [2.75, 3.05) is 6.54 Å². The summed E-state index contributed by atoms with van der Waals surface area (Å²) in [6.45, 7) is 5.21. The number of carbonyl (C=O) groups is 1. The predicted molar refractivity (Wildman–Crippen MR) is 75.1 cm³/mol. The summed E-state index contributed by atoms with van der Waals surface area (Å²) < 4.78 is 0. The van der Waals surface area contributed by atoms with Crippen LogP contribution in [0.2, 0.25) is 0 Å². The van der Waals surface area contributed by atoms with E-state index in [-0.39, 0.29) is 5.78 Å². The van der Waals surface area contributed by atoms with Crippen LogP contribution in [0.3, 0.4) is 0 Å². The smallest absolute Gasteiger partial charge is 0.162 e. The van der Waals surface area contributed by atoms with E-state index in [1.165, 1.54) is 30.4 Å². The Morgan fingerprint density at radius 1 is 1.22 bits per heavy atom. The summed E-state index contributed by atoms with van der Waals surface area (Å²) in [6.07, 6.45) is 5.45. The third kappa shape index (κ3) is 3.67. The van der Waals surface area contributed by atoms with Gasteiger partial charge in [-0.25, -0.2) is 0 Å². The van der Waals surface area contributed by atoms with Gasteiger partial charge in [0.05, 0.1) is 0 Å². The van der Waals surface area contributed by atoms with Crippen molar-refractivity contribution in [1.82, 2.24) is 5.32 Å². The fourth-order valence-electron chi connectivity index (χ4n) is 2.76. The molecule has 0 bridgehead atoms. The average molecular weight is 245 g/mol. The molecule has 1 aromatic rings. The number of hydrogen-bond donors (Lipinski definition) is 1. The second-order valence-corrected chi connectivity index (χ2v) is 5.49. The predicted octanol–water partition coefficient (Wildman–Crippen LogP) is 3.41. The second-order valence-electron chi connectivity index (χ2n) is 5.49. The molecule has 1 fully saturated rings. The van der Waals surface area contributed by atoms with Crippen molar-refractivity contribution in [3.8, 4) is 0 Å². The van der Waals surface area contributed by atoms with E-state index in [1.54, 1.807) is 0 Å². The fourth-order valence-corrected chi connectivity index (χ4v) is 2.76. The molecule has 1 unspecified atom stereocenters. The van der Waals surface area contributed by atoms with E-state index in [2.05, 4.69) is 11.4 Å². The van der Waals surface area contributed by atoms with Gasteiger partial charge in [-0.05, 0) is 51.8 Å². The van der Waals surface area contributed by atoms with E-state index in [0.29, 0.717) is 12.5 Å². The number of Topliss-reactive ketones (excluding diaryl/α,β-unsaturated/α-hetero) is 1. The lowest BCUT2D eigenvalue weighted by molar-refractivity contribution is 0.0974. The Morgan fingerprint density at radius 3 is 2.56 bits per heavy atom. The number of ketones is 1. The number of nitrogens with one attached hydrogen (secondary N) is 1. The zero-order valence-corrected chi connectivity index (χ0v) is 11.5. The minimum absolute atomic E-state index is 0.286. The zero-order chi connectivity index (χ0) is 13.0. The monoisotopic (exact) mass is 245 g/mol. The number of piperidine rings is 1. The summed E-state index contributed by atoms with van der Waals surface area (Å²) in [5, 5.41) is 3.50. The Labute approximate surface area is 110 Å². The summed E-state index contributed by atoms with van der Waals surface area (Å²) in [4.78, 5) is 12.2. The highest BCUT2D eigenvalue weighted by molar-refractivity contribution is 5.96. The molecule has 0 aliphatic carbocycles. The third-order valence-electron chi connectivity index (χ3n) is 3.68. The summed E-state index contributed by atoms with van der Waals surface area (Å²) in [5.74, 6) is 0.286. The second kappa shape index (κ2) is 6.14. The van der Waals surface area contributed by atoms with Crippen LogP contribution in [-0.2, 0) is 0 Å². The first-order valence-corrected chi connectivity index (χ1v) is 7.00. The molecule has 1 saturated heterocycles. The van der Waals surface area contributed by atoms with Gasteiger partial charge in [0, 0.05) is 18.0 Å². The normalized spacial score (nSPS) is 19.8. The molecule has 2 nitrogen and oxygen atoms in total. The molecular formula is C16H23NO. The molecule has 1 N–H and O–H groups in total. The maximum Gasteiger partial charge on any atom is 0.162 e. The quantitative estimate of drug-likeness (QED) is 0.824. The molecular weight excluding hydrogens is 222 g/mol. The fraction of sp³-hybridized carbons (Fsp3) is 0.562. The van der Waals surface area contributed by atoms with Crippen LogP contribution in [0.5, 0.6) is 0 Å². The third-order valence-corrected chi connectivity index (χ3v) is 3.68. The molecule has 98 valence electrons. The van der Waals surface area contributed by atoms with Crippen LogP contribution in [0.4, 0.5) is 0 Å². The lowest BCUT2D eigenvalue weighted by Gasteiger charge is -2.23. The van der Waals surface area contributed by atoms with Gasteiger partial charge in [0.25, 0.3) is 0 Å². The largest absolute Gasteiger partial charge is 0.314 e. The number of aryl methyl sites for hydroxylation is 2. The molecule has 1 aliphatic heterocycles. The Morgan fingerprint density at radius 2 is 1.94 bits per heavy atom.